The Hall–Kier alpha value is -3.58. The van der Waals surface area contributed by atoms with Gasteiger partial charge in [-0.3, -0.25) is 14.6 Å². The minimum absolute atomic E-state index is 0.0378. The Morgan fingerprint density at radius 3 is 2.53 bits per heavy atom. The predicted molar refractivity (Wildman–Crippen MR) is 116 cm³/mol. The van der Waals surface area contributed by atoms with Crippen molar-refractivity contribution in [2.75, 3.05) is 19.7 Å². The fourth-order valence-electron chi connectivity index (χ4n) is 4.89. The number of piperazine rings is 1. The number of benzene rings is 2. The summed E-state index contributed by atoms with van der Waals surface area (Å²) in [6.45, 7) is 0.0236. The molecule has 0 bridgehead atoms. The number of hydrogen-bond donors (Lipinski definition) is 1. The van der Waals surface area contributed by atoms with E-state index in [1.54, 1.807) is 23.4 Å². The molecule has 162 valence electrons. The summed E-state index contributed by atoms with van der Waals surface area (Å²) in [6, 6.07) is 17.1. The van der Waals surface area contributed by atoms with Crippen LogP contribution < -0.4 is 0 Å². The Labute approximate surface area is 184 Å². The Morgan fingerprint density at radius 1 is 1.06 bits per heavy atom. The number of amides is 2. The molecule has 3 atom stereocenters. The molecule has 0 saturated carbocycles. The number of halogens is 1. The van der Waals surface area contributed by atoms with E-state index in [4.69, 9.17) is 0 Å². The van der Waals surface area contributed by atoms with Crippen LogP contribution in [0, 0.1) is 5.82 Å². The first-order valence-electron chi connectivity index (χ1n) is 10.5. The van der Waals surface area contributed by atoms with E-state index in [0.29, 0.717) is 6.54 Å². The van der Waals surface area contributed by atoms with Gasteiger partial charge in [0.15, 0.2) is 0 Å². The summed E-state index contributed by atoms with van der Waals surface area (Å²) in [5, 5.41) is 9.96. The maximum atomic E-state index is 14.1. The minimum atomic E-state index is -0.600. The largest absolute Gasteiger partial charge is 0.394 e. The van der Waals surface area contributed by atoms with Crippen molar-refractivity contribution < 1.29 is 19.1 Å². The van der Waals surface area contributed by atoms with Crippen LogP contribution in [0.1, 0.15) is 21.8 Å². The molecule has 2 amide bonds. The molecule has 3 aromatic rings. The summed E-state index contributed by atoms with van der Waals surface area (Å²) >= 11 is 0. The minimum Gasteiger partial charge on any atom is -0.394 e. The highest BCUT2D eigenvalue weighted by Crippen LogP contribution is 2.43. The van der Waals surface area contributed by atoms with Crippen LogP contribution in [0.2, 0.25) is 0 Å². The lowest BCUT2D eigenvalue weighted by Crippen LogP contribution is -2.73. The number of aromatic nitrogens is 1. The topological polar surface area (TPSA) is 73.7 Å². The third-order valence-electron chi connectivity index (χ3n) is 6.43. The number of pyridine rings is 1. The Bertz CT molecular complexity index is 1150. The molecule has 7 heteroatoms. The molecule has 1 N–H and O–H groups in total. The van der Waals surface area contributed by atoms with Gasteiger partial charge in [0.2, 0.25) is 5.91 Å². The quantitative estimate of drug-likeness (QED) is 0.690. The second kappa shape index (κ2) is 8.16. The summed E-state index contributed by atoms with van der Waals surface area (Å²) in [5.74, 6) is -1.43. The maximum Gasteiger partial charge on any atom is 0.257 e. The van der Waals surface area contributed by atoms with Crippen LogP contribution in [0.3, 0.4) is 0 Å². The van der Waals surface area contributed by atoms with Gasteiger partial charge in [-0.05, 0) is 34.9 Å². The summed E-state index contributed by atoms with van der Waals surface area (Å²) in [4.78, 5) is 32.9. The molecule has 32 heavy (non-hydrogen) atoms. The van der Waals surface area contributed by atoms with Crippen molar-refractivity contribution in [2.45, 2.75) is 18.0 Å². The third kappa shape index (κ3) is 3.35. The summed E-state index contributed by atoms with van der Waals surface area (Å²) in [6.07, 6.45) is 3.52. The van der Waals surface area contributed by atoms with E-state index in [1.807, 2.05) is 36.4 Å². The molecular formula is C25H22FN3O3. The van der Waals surface area contributed by atoms with Gasteiger partial charge in [0, 0.05) is 24.9 Å². The van der Waals surface area contributed by atoms with Gasteiger partial charge in [-0.15, -0.1) is 0 Å². The number of carbonyl (C=O) groups is 2. The molecule has 0 radical (unpaired) electrons. The van der Waals surface area contributed by atoms with Gasteiger partial charge in [-0.1, -0.05) is 42.5 Å². The molecule has 0 spiro atoms. The number of rotatable bonds is 4. The second-order valence-electron chi connectivity index (χ2n) is 8.17. The van der Waals surface area contributed by atoms with Gasteiger partial charge in [-0.2, -0.15) is 0 Å². The van der Waals surface area contributed by atoms with Crippen LogP contribution in [-0.4, -0.2) is 63.5 Å². The number of nitrogens with zero attached hydrogens (tertiary/aromatic N) is 3. The molecule has 1 aromatic heterocycles. The predicted octanol–water partition coefficient (Wildman–Crippen LogP) is 2.70. The molecule has 2 aromatic carbocycles. The fraction of sp³-hybridized carbons (Fsp3) is 0.240. The first-order valence-corrected chi connectivity index (χ1v) is 10.5. The molecule has 6 nitrogen and oxygen atoms in total. The van der Waals surface area contributed by atoms with E-state index in [-0.39, 0.29) is 42.6 Å². The van der Waals surface area contributed by atoms with Crippen molar-refractivity contribution in [3.05, 3.63) is 90.0 Å². The average molecular weight is 431 g/mol. The first kappa shape index (κ1) is 20.3. The lowest BCUT2D eigenvalue weighted by molar-refractivity contribution is -0.159. The summed E-state index contributed by atoms with van der Waals surface area (Å²) in [5.41, 5.74) is 2.98. The third-order valence-corrected chi connectivity index (χ3v) is 6.43. The zero-order valence-corrected chi connectivity index (χ0v) is 17.3. The standard InChI is InChI=1S/C25H22FN3O3/c26-20-6-2-1-5-19(20)25(32)28-13-21-24(22(15-30)29(21)23(31)14-28)17-9-7-16(8-10-17)18-4-3-11-27-12-18/h1-12,21-22,24,30H,13-15H2/t21-,22+,24+/m1/s1. The van der Waals surface area contributed by atoms with Gasteiger partial charge < -0.3 is 14.9 Å². The monoisotopic (exact) mass is 431 g/mol. The van der Waals surface area contributed by atoms with Crippen LogP contribution in [0.15, 0.2) is 73.1 Å². The van der Waals surface area contributed by atoms with Gasteiger partial charge in [0.05, 0.1) is 24.3 Å². The van der Waals surface area contributed by atoms with E-state index >= 15 is 0 Å². The number of aliphatic hydroxyl groups excluding tert-OH is 1. The first-order chi connectivity index (χ1) is 15.6. The highest BCUT2D eigenvalue weighted by atomic mass is 19.1. The van der Waals surface area contributed by atoms with E-state index in [2.05, 4.69) is 4.98 Å². The van der Waals surface area contributed by atoms with E-state index < -0.39 is 11.7 Å². The maximum absolute atomic E-state index is 14.1. The van der Waals surface area contributed by atoms with Crippen molar-refractivity contribution in [2.24, 2.45) is 0 Å². The van der Waals surface area contributed by atoms with Gasteiger partial charge in [0.1, 0.15) is 12.4 Å². The van der Waals surface area contributed by atoms with Crippen LogP contribution in [0.25, 0.3) is 11.1 Å². The van der Waals surface area contributed by atoms with Crippen molar-refractivity contribution in [3.63, 3.8) is 0 Å². The molecule has 2 aliphatic rings. The SMILES string of the molecule is O=C(c1ccccc1F)N1CC(=O)N2[C@H](C1)[C@H](c1ccc(-c3cccnc3)cc1)[C@@H]2CO. The van der Waals surface area contributed by atoms with Gasteiger partial charge >= 0.3 is 0 Å². The molecule has 0 unspecified atom stereocenters. The Balaban J connectivity index is 1.40. The Kier molecular flexibility index (Phi) is 5.19. The number of fused-ring (bicyclic) bond motifs is 1. The zero-order valence-electron chi connectivity index (χ0n) is 17.3. The molecule has 2 fully saturated rings. The lowest BCUT2D eigenvalue weighted by atomic mass is 9.73. The van der Waals surface area contributed by atoms with Crippen molar-refractivity contribution in [1.29, 1.82) is 0 Å². The molecule has 0 aliphatic carbocycles. The highest BCUT2D eigenvalue weighted by molar-refractivity contribution is 5.97. The fourth-order valence-corrected chi connectivity index (χ4v) is 4.89. The molecular weight excluding hydrogens is 409 g/mol. The molecule has 5 rings (SSSR count). The van der Waals surface area contributed by atoms with E-state index in [0.717, 1.165) is 16.7 Å². The van der Waals surface area contributed by atoms with Crippen LogP contribution >= 0.6 is 0 Å². The number of hydrogen-bond acceptors (Lipinski definition) is 4. The molecule has 2 aliphatic heterocycles. The van der Waals surface area contributed by atoms with Gasteiger partial charge in [-0.25, -0.2) is 4.39 Å². The average Bonchev–Trinajstić information content (AvgIpc) is 2.81. The van der Waals surface area contributed by atoms with Crippen molar-refractivity contribution in [3.8, 4) is 11.1 Å². The van der Waals surface area contributed by atoms with Gasteiger partial charge in [0.25, 0.3) is 5.91 Å². The number of aliphatic hydroxyl groups is 1. The second-order valence-corrected chi connectivity index (χ2v) is 8.17. The van der Waals surface area contributed by atoms with Crippen LogP contribution in [0.4, 0.5) is 4.39 Å². The highest BCUT2D eigenvalue weighted by Gasteiger charge is 2.54. The molecule has 3 heterocycles. The van der Waals surface area contributed by atoms with E-state index in [1.165, 1.54) is 23.1 Å². The zero-order chi connectivity index (χ0) is 22.2. The lowest BCUT2D eigenvalue weighted by Gasteiger charge is -2.58. The van der Waals surface area contributed by atoms with Crippen molar-refractivity contribution in [1.82, 2.24) is 14.8 Å². The van der Waals surface area contributed by atoms with Crippen LogP contribution in [0.5, 0.6) is 0 Å². The summed E-state index contributed by atoms with van der Waals surface area (Å²) < 4.78 is 14.1. The van der Waals surface area contributed by atoms with Crippen LogP contribution in [-0.2, 0) is 4.79 Å². The van der Waals surface area contributed by atoms with Crippen molar-refractivity contribution >= 4 is 11.8 Å². The molecule has 2 saturated heterocycles. The normalized spacial score (nSPS) is 22.3. The summed E-state index contributed by atoms with van der Waals surface area (Å²) in [7, 11) is 0. The smallest absolute Gasteiger partial charge is 0.257 e. The number of carbonyl (C=O) groups excluding carboxylic acids is 2. The van der Waals surface area contributed by atoms with E-state index in [9.17, 15) is 19.1 Å². The Morgan fingerprint density at radius 2 is 1.84 bits per heavy atom.